The molecule has 2 rings (SSSR count). The molecule has 0 aromatic heterocycles. The van der Waals surface area contributed by atoms with Gasteiger partial charge in [-0.3, -0.25) is 4.90 Å². The molecule has 3 nitrogen and oxygen atoms in total. The maximum atomic E-state index is 10.2. The summed E-state index contributed by atoms with van der Waals surface area (Å²) in [5, 5.41) is 13.6. The number of rotatable bonds is 2. The lowest BCUT2D eigenvalue weighted by atomic mass is 9.98. The molecule has 3 heteroatoms. The Kier molecular flexibility index (Phi) is 3.69. The number of nitrogens with one attached hydrogen (secondary N) is 1. The molecule has 0 saturated carbocycles. The van der Waals surface area contributed by atoms with Crippen molar-refractivity contribution in [3.8, 4) is 5.75 Å². The third kappa shape index (κ3) is 2.61. The van der Waals surface area contributed by atoms with Crippen LogP contribution in [0, 0.1) is 20.8 Å². The zero-order valence-electron chi connectivity index (χ0n) is 11.0. The Labute approximate surface area is 103 Å². The van der Waals surface area contributed by atoms with E-state index in [1.807, 2.05) is 6.92 Å². The van der Waals surface area contributed by atoms with Crippen LogP contribution in [0.1, 0.15) is 22.3 Å². The second kappa shape index (κ2) is 5.07. The van der Waals surface area contributed by atoms with Gasteiger partial charge in [0.25, 0.3) is 0 Å². The minimum Gasteiger partial charge on any atom is -0.507 e. The molecule has 1 aromatic rings. The third-order valence-electron chi connectivity index (χ3n) is 3.73. The largest absolute Gasteiger partial charge is 0.507 e. The summed E-state index contributed by atoms with van der Waals surface area (Å²) >= 11 is 0. The van der Waals surface area contributed by atoms with E-state index in [1.165, 1.54) is 11.1 Å². The first-order valence-electron chi connectivity index (χ1n) is 6.31. The molecule has 2 N–H and O–H groups in total. The zero-order chi connectivity index (χ0) is 12.4. The Morgan fingerprint density at radius 3 is 2.47 bits per heavy atom. The number of phenols is 1. The van der Waals surface area contributed by atoms with Crippen molar-refractivity contribution in [3.05, 3.63) is 28.3 Å². The van der Waals surface area contributed by atoms with Gasteiger partial charge >= 0.3 is 0 Å². The van der Waals surface area contributed by atoms with E-state index in [0.29, 0.717) is 5.75 Å². The summed E-state index contributed by atoms with van der Waals surface area (Å²) in [4.78, 5) is 2.40. The average molecular weight is 234 g/mol. The highest BCUT2D eigenvalue weighted by Crippen LogP contribution is 2.29. The van der Waals surface area contributed by atoms with Crippen LogP contribution in [0.3, 0.4) is 0 Å². The van der Waals surface area contributed by atoms with Crippen LogP contribution in [-0.2, 0) is 6.54 Å². The lowest BCUT2D eigenvalue weighted by molar-refractivity contribution is 0.230. The number of hydrogen-bond donors (Lipinski definition) is 2. The van der Waals surface area contributed by atoms with Crippen molar-refractivity contribution in [3.63, 3.8) is 0 Å². The molecule has 1 heterocycles. The van der Waals surface area contributed by atoms with Crippen molar-refractivity contribution in [1.29, 1.82) is 0 Å². The van der Waals surface area contributed by atoms with E-state index in [2.05, 4.69) is 30.1 Å². The number of aryl methyl sites for hydroxylation is 2. The fourth-order valence-electron chi connectivity index (χ4n) is 2.41. The molecule has 0 radical (unpaired) electrons. The Hall–Kier alpha value is -1.06. The van der Waals surface area contributed by atoms with Gasteiger partial charge in [0.2, 0.25) is 0 Å². The fraction of sp³-hybridized carbons (Fsp3) is 0.571. The number of piperazine rings is 1. The first-order chi connectivity index (χ1) is 8.09. The van der Waals surface area contributed by atoms with Crippen LogP contribution in [-0.4, -0.2) is 36.2 Å². The first-order valence-corrected chi connectivity index (χ1v) is 6.31. The normalized spacial score (nSPS) is 17.4. The zero-order valence-corrected chi connectivity index (χ0v) is 11.0. The Bertz CT molecular complexity index is 409. The van der Waals surface area contributed by atoms with Gasteiger partial charge in [0.05, 0.1) is 0 Å². The van der Waals surface area contributed by atoms with E-state index in [-0.39, 0.29) is 0 Å². The summed E-state index contributed by atoms with van der Waals surface area (Å²) in [6.07, 6.45) is 0. The molecule has 0 bridgehead atoms. The summed E-state index contributed by atoms with van der Waals surface area (Å²) in [5.74, 6) is 0.487. The predicted molar refractivity (Wildman–Crippen MR) is 70.5 cm³/mol. The van der Waals surface area contributed by atoms with E-state index in [4.69, 9.17) is 0 Å². The van der Waals surface area contributed by atoms with Crippen LogP contribution in [0.2, 0.25) is 0 Å². The second-order valence-corrected chi connectivity index (χ2v) is 4.99. The molecule has 0 atom stereocenters. The van der Waals surface area contributed by atoms with Crippen LogP contribution in [0.25, 0.3) is 0 Å². The van der Waals surface area contributed by atoms with Gasteiger partial charge in [-0.25, -0.2) is 0 Å². The molecule has 1 aliphatic rings. The van der Waals surface area contributed by atoms with Crippen molar-refractivity contribution < 1.29 is 5.11 Å². The Balaban J connectivity index is 2.22. The molecule has 1 aromatic carbocycles. The number of phenolic OH excluding ortho intramolecular Hbond substituents is 1. The van der Waals surface area contributed by atoms with E-state index >= 15 is 0 Å². The smallest absolute Gasteiger partial charge is 0.123 e. The molecule has 1 saturated heterocycles. The van der Waals surface area contributed by atoms with Crippen LogP contribution >= 0.6 is 0 Å². The molecule has 1 fully saturated rings. The average Bonchev–Trinajstić information content (AvgIpc) is 2.33. The van der Waals surface area contributed by atoms with Gasteiger partial charge in [0, 0.05) is 38.3 Å². The van der Waals surface area contributed by atoms with Crippen LogP contribution < -0.4 is 5.32 Å². The van der Waals surface area contributed by atoms with Crippen molar-refractivity contribution >= 4 is 0 Å². The molecular weight excluding hydrogens is 212 g/mol. The fourth-order valence-corrected chi connectivity index (χ4v) is 2.41. The van der Waals surface area contributed by atoms with Gasteiger partial charge < -0.3 is 10.4 Å². The van der Waals surface area contributed by atoms with Gasteiger partial charge in [0.1, 0.15) is 5.75 Å². The van der Waals surface area contributed by atoms with Crippen molar-refractivity contribution in [2.75, 3.05) is 26.2 Å². The van der Waals surface area contributed by atoms with E-state index in [9.17, 15) is 5.11 Å². The SMILES string of the molecule is Cc1cc(C)c(CN2CCNCC2)c(O)c1C. The summed E-state index contributed by atoms with van der Waals surface area (Å²) in [7, 11) is 0. The van der Waals surface area contributed by atoms with Gasteiger partial charge in [-0.15, -0.1) is 0 Å². The minimum absolute atomic E-state index is 0.487. The van der Waals surface area contributed by atoms with Crippen LogP contribution in [0.4, 0.5) is 0 Å². The highest BCUT2D eigenvalue weighted by Gasteiger charge is 2.15. The van der Waals surface area contributed by atoms with Crippen molar-refractivity contribution in [1.82, 2.24) is 10.2 Å². The molecule has 0 aliphatic carbocycles. The molecule has 94 valence electrons. The second-order valence-electron chi connectivity index (χ2n) is 4.99. The van der Waals surface area contributed by atoms with E-state index in [0.717, 1.165) is 43.9 Å². The van der Waals surface area contributed by atoms with Gasteiger partial charge in [-0.2, -0.15) is 0 Å². The quantitative estimate of drug-likeness (QED) is 0.818. The monoisotopic (exact) mass is 234 g/mol. The first kappa shape index (κ1) is 12.4. The summed E-state index contributed by atoms with van der Waals surface area (Å²) in [5.41, 5.74) is 4.48. The van der Waals surface area contributed by atoms with Crippen molar-refractivity contribution in [2.24, 2.45) is 0 Å². The van der Waals surface area contributed by atoms with E-state index in [1.54, 1.807) is 0 Å². The highest BCUT2D eigenvalue weighted by atomic mass is 16.3. The molecule has 0 amide bonds. The molecule has 0 spiro atoms. The maximum absolute atomic E-state index is 10.2. The lowest BCUT2D eigenvalue weighted by Gasteiger charge is -2.28. The maximum Gasteiger partial charge on any atom is 0.123 e. The summed E-state index contributed by atoms with van der Waals surface area (Å²) in [6.45, 7) is 11.2. The van der Waals surface area contributed by atoms with Gasteiger partial charge in [-0.1, -0.05) is 6.07 Å². The minimum atomic E-state index is 0.487. The van der Waals surface area contributed by atoms with Gasteiger partial charge in [-0.05, 0) is 37.5 Å². The standard InChI is InChI=1S/C14H22N2O/c1-10-8-11(2)13(14(17)12(10)3)9-16-6-4-15-5-7-16/h8,15,17H,4-7,9H2,1-3H3. The number of nitrogens with zero attached hydrogens (tertiary/aromatic N) is 1. The topological polar surface area (TPSA) is 35.5 Å². The van der Waals surface area contributed by atoms with Gasteiger partial charge in [0.15, 0.2) is 0 Å². The number of benzene rings is 1. The Morgan fingerprint density at radius 2 is 1.82 bits per heavy atom. The predicted octanol–water partition coefficient (Wildman–Crippen LogP) is 1.72. The van der Waals surface area contributed by atoms with Crippen LogP contribution in [0.15, 0.2) is 6.07 Å². The lowest BCUT2D eigenvalue weighted by Crippen LogP contribution is -2.43. The number of hydrogen-bond acceptors (Lipinski definition) is 3. The Morgan fingerprint density at radius 1 is 1.18 bits per heavy atom. The molecule has 1 aliphatic heterocycles. The van der Waals surface area contributed by atoms with E-state index < -0.39 is 0 Å². The van der Waals surface area contributed by atoms with Crippen LogP contribution in [0.5, 0.6) is 5.75 Å². The summed E-state index contributed by atoms with van der Waals surface area (Å²) < 4.78 is 0. The van der Waals surface area contributed by atoms with Crippen molar-refractivity contribution in [2.45, 2.75) is 27.3 Å². The number of aromatic hydroxyl groups is 1. The molecule has 17 heavy (non-hydrogen) atoms. The summed E-state index contributed by atoms with van der Waals surface area (Å²) in [6, 6.07) is 2.17. The third-order valence-corrected chi connectivity index (χ3v) is 3.73. The molecular formula is C14H22N2O. The highest BCUT2D eigenvalue weighted by molar-refractivity contribution is 5.48. The molecule has 0 unspecified atom stereocenters.